The predicted octanol–water partition coefficient (Wildman–Crippen LogP) is 1.76. The van der Waals surface area contributed by atoms with E-state index < -0.39 is 0 Å². The van der Waals surface area contributed by atoms with Gasteiger partial charge in [0.05, 0.1) is 13.2 Å². The number of halogens is 1. The van der Waals surface area contributed by atoms with Crippen LogP contribution in [0, 0.1) is 5.82 Å². The minimum atomic E-state index is -0.324. The third kappa shape index (κ3) is 3.04. The second kappa shape index (κ2) is 6.02. The quantitative estimate of drug-likeness (QED) is 0.873. The van der Waals surface area contributed by atoms with Crippen LogP contribution in [0.25, 0.3) is 0 Å². The zero-order chi connectivity index (χ0) is 13.8. The largest absolute Gasteiger partial charge is 0.496 e. The molecule has 2 unspecified atom stereocenters. The summed E-state index contributed by atoms with van der Waals surface area (Å²) in [7, 11) is 1.51. The van der Waals surface area contributed by atoms with E-state index in [4.69, 9.17) is 4.74 Å². The molecule has 1 amide bonds. The summed E-state index contributed by atoms with van der Waals surface area (Å²) in [5.74, 6) is 0.153. The standard InChI is InChI=1S/C14H19FN2O2/c1-9(17-11-6-4-8-16-14(11)18)13-10(15)5-3-7-12(13)19-2/h3,5,7,9,11,17H,4,6,8H2,1-2H3,(H,16,18). The van der Waals surface area contributed by atoms with Gasteiger partial charge in [0.15, 0.2) is 0 Å². The maximum atomic E-state index is 13.9. The SMILES string of the molecule is COc1cccc(F)c1C(C)NC1CCCNC1=O. The van der Waals surface area contributed by atoms with Crippen LogP contribution in [0.15, 0.2) is 18.2 Å². The molecule has 0 bridgehead atoms. The van der Waals surface area contributed by atoms with Crippen molar-refractivity contribution in [3.8, 4) is 5.75 Å². The molecule has 1 aliphatic rings. The smallest absolute Gasteiger partial charge is 0.237 e. The number of methoxy groups -OCH3 is 1. The molecule has 1 aliphatic heterocycles. The fraction of sp³-hybridized carbons (Fsp3) is 0.500. The molecule has 0 saturated carbocycles. The summed E-state index contributed by atoms with van der Waals surface area (Å²) < 4.78 is 19.1. The Labute approximate surface area is 112 Å². The fourth-order valence-corrected chi connectivity index (χ4v) is 2.43. The van der Waals surface area contributed by atoms with Gasteiger partial charge in [-0.3, -0.25) is 10.1 Å². The first-order valence-corrected chi connectivity index (χ1v) is 6.49. The molecule has 1 aromatic rings. The molecule has 1 aromatic carbocycles. The van der Waals surface area contributed by atoms with Gasteiger partial charge >= 0.3 is 0 Å². The first-order chi connectivity index (χ1) is 9.13. The van der Waals surface area contributed by atoms with E-state index >= 15 is 0 Å². The fourth-order valence-electron chi connectivity index (χ4n) is 2.43. The molecule has 104 valence electrons. The first kappa shape index (κ1) is 13.8. The van der Waals surface area contributed by atoms with E-state index in [-0.39, 0.29) is 23.8 Å². The molecule has 0 aromatic heterocycles. The molecule has 0 radical (unpaired) electrons. The number of nitrogens with one attached hydrogen (secondary N) is 2. The molecule has 2 atom stereocenters. The number of carbonyl (C=O) groups is 1. The van der Waals surface area contributed by atoms with Gasteiger partial charge in [-0.25, -0.2) is 4.39 Å². The molecule has 4 nitrogen and oxygen atoms in total. The summed E-state index contributed by atoms with van der Waals surface area (Å²) >= 11 is 0. The minimum Gasteiger partial charge on any atom is -0.496 e. The minimum absolute atomic E-state index is 0.0200. The van der Waals surface area contributed by atoms with Crippen LogP contribution in [0.2, 0.25) is 0 Å². The van der Waals surface area contributed by atoms with Crippen molar-refractivity contribution in [1.82, 2.24) is 10.6 Å². The number of amides is 1. The summed E-state index contributed by atoms with van der Waals surface area (Å²) in [6.45, 7) is 2.55. The van der Waals surface area contributed by atoms with Crippen molar-refractivity contribution < 1.29 is 13.9 Å². The van der Waals surface area contributed by atoms with Crippen LogP contribution in [0.4, 0.5) is 4.39 Å². The Morgan fingerprint density at radius 2 is 2.32 bits per heavy atom. The third-order valence-corrected chi connectivity index (χ3v) is 3.40. The summed E-state index contributed by atoms with van der Waals surface area (Å²) in [6.07, 6.45) is 1.71. The van der Waals surface area contributed by atoms with Crippen molar-refractivity contribution >= 4 is 5.91 Å². The molecule has 5 heteroatoms. The van der Waals surface area contributed by atoms with Crippen LogP contribution in [0.5, 0.6) is 5.75 Å². The Balaban J connectivity index is 2.15. The van der Waals surface area contributed by atoms with Crippen molar-refractivity contribution in [2.45, 2.75) is 31.8 Å². The Kier molecular flexibility index (Phi) is 4.37. The highest BCUT2D eigenvalue weighted by Gasteiger charge is 2.25. The number of benzene rings is 1. The van der Waals surface area contributed by atoms with Gasteiger partial charge in [-0.1, -0.05) is 6.07 Å². The average molecular weight is 266 g/mol. The lowest BCUT2D eigenvalue weighted by Crippen LogP contribution is -2.49. The Bertz CT molecular complexity index is 465. The molecule has 1 fully saturated rings. The number of hydrogen-bond donors (Lipinski definition) is 2. The highest BCUT2D eigenvalue weighted by molar-refractivity contribution is 5.82. The maximum absolute atomic E-state index is 13.9. The average Bonchev–Trinajstić information content (AvgIpc) is 2.40. The predicted molar refractivity (Wildman–Crippen MR) is 70.5 cm³/mol. The molecular weight excluding hydrogens is 247 g/mol. The molecule has 19 heavy (non-hydrogen) atoms. The maximum Gasteiger partial charge on any atom is 0.237 e. The van der Waals surface area contributed by atoms with Crippen molar-refractivity contribution in [3.05, 3.63) is 29.6 Å². The number of carbonyl (C=O) groups excluding carboxylic acids is 1. The molecule has 1 saturated heterocycles. The van der Waals surface area contributed by atoms with Gasteiger partial charge in [-0.15, -0.1) is 0 Å². The van der Waals surface area contributed by atoms with E-state index in [1.165, 1.54) is 13.2 Å². The second-order valence-corrected chi connectivity index (χ2v) is 4.73. The van der Waals surface area contributed by atoms with Gasteiger partial charge < -0.3 is 10.1 Å². The third-order valence-electron chi connectivity index (χ3n) is 3.40. The molecule has 2 rings (SSSR count). The van der Waals surface area contributed by atoms with Gasteiger partial charge in [0, 0.05) is 18.2 Å². The van der Waals surface area contributed by atoms with Crippen LogP contribution in [0.1, 0.15) is 31.4 Å². The number of piperidine rings is 1. The van der Waals surface area contributed by atoms with Crippen molar-refractivity contribution in [1.29, 1.82) is 0 Å². The lowest BCUT2D eigenvalue weighted by atomic mass is 10.0. The zero-order valence-corrected chi connectivity index (χ0v) is 11.2. The lowest BCUT2D eigenvalue weighted by molar-refractivity contribution is -0.124. The topological polar surface area (TPSA) is 50.4 Å². The van der Waals surface area contributed by atoms with Crippen molar-refractivity contribution in [3.63, 3.8) is 0 Å². The van der Waals surface area contributed by atoms with Gasteiger partial charge in [0.2, 0.25) is 5.91 Å². The van der Waals surface area contributed by atoms with Gasteiger partial charge in [0.1, 0.15) is 11.6 Å². The summed E-state index contributed by atoms with van der Waals surface area (Å²) in [5, 5.41) is 5.97. The van der Waals surface area contributed by atoms with Crippen LogP contribution in [-0.2, 0) is 4.79 Å². The second-order valence-electron chi connectivity index (χ2n) is 4.73. The van der Waals surface area contributed by atoms with Crippen LogP contribution < -0.4 is 15.4 Å². The van der Waals surface area contributed by atoms with E-state index in [1.807, 2.05) is 6.92 Å². The monoisotopic (exact) mass is 266 g/mol. The summed E-state index contributed by atoms with van der Waals surface area (Å²) in [4.78, 5) is 11.7. The molecule has 0 aliphatic carbocycles. The van der Waals surface area contributed by atoms with E-state index in [2.05, 4.69) is 10.6 Å². The van der Waals surface area contributed by atoms with Crippen LogP contribution >= 0.6 is 0 Å². The van der Waals surface area contributed by atoms with Crippen LogP contribution in [0.3, 0.4) is 0 Å². The Hall–Kier alpha value is -1.62. The first-order valence-electron chi connectivity index (χ1n) is 6.49. The van der Waals surface area contributed by atoms with E-state index in [9.17, 15) is 9.18 Å². The molecular formula is C14H19FN2O2. The molecule has 2 N–H and O–H groups in total. The van der Waals surface area contributed by atoms with Gasteiger partial charge in [-0.2, -0.15) is 0 Å². The van der Waals surface area contributed by atoms with Crippen molar-refractivity contribution in [2.24, 2.45) is 0 Å². The number of ether oxygens (including phenoxy) is 1. The highest BCUT2D eigenvalue weighted by Crippen LogP contribution is 2.28. The lowest BCUT2D eigenvalue weighted by Gasteiger charge is -2.27. The van der Waals surface area contributed by atoms with Crippen molar-refractivity contribution in [2.75, 3.05) is 13.7 Å². The van der Waals surface area contributed by atoms with E-state index in [0.29, 0.717) is 17.9 Å². The number of hydrogen-bond acceptors (Lipinski definition) is 3. The zero-order valence-electron chi connectivity index (χ0n) is 11.2. The van der Waals surface area contributed by atoms with E-state index in [1.54, 1.807) is 12.1 Å². The highest BCUT2D eigenvalue weighted by atomic mass is 19.1. The summed E-state index contributed by atoms with van der Waals surface area (Å²) in [5.41, 5.74) is 0.461. The van der Waals surface area contributed by atoms with E-state index in [0.717, 1.165) is 12.8 Å². The molecule has 0 spiro atoms. The van der Waals surface area contributed by atoms with Crippen LogP contribution in [-0.4, -0.2) is 25.6 Å². The van der Waals surface area contributed by atoms with Gasteiger partial charge in [0.25, 0.3) is 0 Å². The normalized spacial score (nSPS) is 20.8. The Morgan fingerprint density at radius 3 is 3.00 bits per heavy atom. The molecule has 1 heterocycles. The summed E-state index contributed by atoms with van der Waals surface area (Å²) in [6, 6.07) is 4.17. The number of rotatable bonds is 4. The Morgan fingerprint density at radius 1 is 1.53 bits per heavy atom. The van der Waals surface area contributed by atoms with Gasteiger partial charge in [-0.05, 0) is 31.9 Å².